The van der Waals surface area contributed by atoms with Crippen LogP contribution in [0.4, 0.5) is 0 Å². The Morgan fingerprint density at radius 2 is 1.88 bits per heavy atom. The van der Waals surface area contributed by atoms with E-state index >= 15 is 0 Å². The zero-order chi connectivity index (χ0) is 12.1. The van der Waals surface area contributed by atoms with E-state index in [0.29, 0.717) is 0 Å². The number of methoxy groups -OCH3 is 1. The summed E-state index contributed by atoms with van der Waals surface area (Å²) in [5, 5.41) is 12.3. The van der Waals surface area contributed by atoms with Gasteiger partial charge in [-0.2, -0.15) is 0 Å². The zero-order valence-electron chi connectivity index (χ0n) is 10.5. The molecule has 2 N–H and O–H groups in total. The molecule has 0 bridgehead atoms. The Balaban J connectivity index is 3.11. The molecule has 3 heteroatoms. The molecule has 0 aromatic heterocycles. The molecule has 3 nitrogen and oxygen atoms in total. The number of nitrogens with one attached hydrogen (secondary N) is 1. The first-order chi connectivity index (χ1) is 7.63. The lowest BCUT2D eigenvalue weighted by Crippen LogP contribution is -2.19. The fourth-order valence-corrected chi connectivity index (χ4v) is 2.16. The second-order valence-corrected chi connectivity index (χ2v) is 4.03. The van der Waals surface area contributed by atoms with E-state index in [-0.39, 0.29) is 12.6 Å². The molecule has 1 aromatic carbocycles. The summed E-state index contributed by atoms with van der Waals surface area (Å²) in [6, 6.07) is 4.27. The monoisotopic (exact) mass is 223 g/mol. The van der Waals surface area contributed by atoms with E-state index in [1.807, 2.05) is 19.2 Å². The lowest BCUT2D eigenvalue weighted by Gasteiger charge is -2.21. The van der Waals surface area contributed by atoms with E-state index in [1.165, 1.54) is 16.7 Å². The summed E-state index contributed by atoms with van der Waals surface area (Å²) in [5.41, 5.74) is 3.66. The average Bonchev–Trinajstić information content (AvgIpc) is 2.26. The molecule has 0 radical (unpaired) electrons. The van der Waals surface area contributed by atoms with Crippen LogP contribution in [0.1, 0.15) is 29.2 Å². The van der Waals surface area contributed by atoms with Gasteiger partial charge in [0, 0.05) is 12.6 Å². The van der Waals surface area contributed by atoms with E-state index in [4.69, 9.17) is 9.84 Å². The van der Waals surface area contributed by atoms with Gasteiger partial charge in [-0.25, -0.2) is 0 Å². The molecular formula is C13H21NO2. The third-order valence-electron chi connectivity index (χ3n) is 2.92. The molecule has 0 aliphatic rings. The highest BCUT2D eigenvalue weighted by Crippen LogP contribution is 2.28. The summed E-state index contributed by atoms with van der Waals surface area (Å²) in [7, 11) is 3.60. The van der Waals surface area contributed by atoms with Crippen LogP contribution in [0.15, 0.2) is 12.1 Å². The standard InChI is InChI=1S/C13H21NO2/c1-9-7-11(16-4)8-10(2)13(9)12(14-3)5-6-15/h7-8,12,14-15H,5-6H2,1-4H3. The summed E-state index contributed by atoms with van der Waals surface area (Å²) < 4.78 is 5.23. The van der Waals surface area contributed by atoms with Gasteiger partial charge >= 0.3 is 0 Å². The molecule has 0 amide bonds. The van der Waals surface area contributed by atoms with Crippen molar-refractivity contribution in [2.24, 2.45) is 0 Å². The Hall–Kier alpha value is -1.06. The molecule has 0 heterocycles. The molecule has 0 aliphatic carbocycles. The van der Waals surface area contributed by atoms with Gasteiger partial charge < -0.3 is 15.2 Å². The number of aliphatic hydroxyl groups is 1. The molecule has 1 aromatic rings. The predicted molar refractivity (Wildman–Crippen MR) is 66.0 cm³/mol. The number of hydrogen-bond acceptors (Lipinski definition) is 3. The highest BCUT2D eigenvalue weighted by Gasteiger charge is 2.14. The average molecular weight is 223 g/mol. The Morgan fingerprint density at radius 3 is 2.25 bits per heavy atom. The van der Waals surface area contributed by atoms with Crippen LogP contribution < -0.4 is 10.1 Å². The van der Waals surface area contributed by atoms with Gasteiger partial charge in [-0.3, -0.25) is 0 Å². The number of rotatable bonds is 5. The van der Waals surface area contributed by atoms with Gasteiger partial charge in [0.05, 0.1) is 7.11 Å². The van der Waals surface area contributed by atoms with Crippen LogP contribution in [-0.4, -0.2) is 25.9 Å². The molecule has 0 aliphatic heterocycles. The maximum atomic E-state index is 9.05. The summed E-state index contributed by atoms with van der Waals surface area (Å²) in [6.45, 7) is 4.34. The van der Waals surface area contributed by atoms with Gasteiger partial charge in [0.1, 0.15) is 5.75 Å². The molecular weight excluding hydrogens is 202 g/mol. The third-order valence-corrected chi connectivity index (χ3v) is 2.92. The first kappa shape index (κ1) is 13.0. The topological polar surface area (TPSA) is 41.5 Å². The van der Waals surface area contributed by atoms with Gasteiger partial charge in [-0.1, -0.05) is 0 Å². The van der Waals surface area contributed by atoms with E-state index < -0.39 is 0 Å². The normalized spacial score (nSPS) is 12.6. The highest BCUT2D eigenvalue weighted by molar-refractivity contribution is 5.42. The molecule has 90 valence electrons. The van der Waals surface area contributed by atoms with Crippen molar-refractivity contribution in [1.82, 2.24) is 5.32 Å². The largest absolute Gasteiger partial charge is 0.497 e. The smallest absolute Gasteiger partial charge is 0.119 e. The third kappa shape index (κ3) is 2.74. The van der Waals surface area contributed by atoms with Crippen molar-refractivity contribution in [3.05, 3.63) is 28.8 Å². The van der Waals surface area contributed by atoms with E-state index in [9.17, 15) is 0 Å². The fourth-order valence-electron chi connectivity index (χ4n) is 2.16. The molecule has 0 saturated heterocycles. The Labute approximate surface area is 97.4 Å². The number of aryl methyl sites for hydroxylation is 2. The Bertz CT molecular complexity index is 327. The van der Waals surface area contributed by atoms with Gasteiger partial charge in [0.15, 0.2) is 0 Å². The van der Waals surface area contributed by atoms with Crippen LogP contribution >= 0.6 is 0 Å². The van der Waals surface area contributed by atoms with Crippen LogP contribution in [0.5, 0.6) is 5.75 Å². The number of benzene rings is 1. The minimum atomic E-state index is 0.191. The molecule has 1 unspecified atom stereocenters. The Kier molecular flexibility index (Phi) is 4.77. The number of ether oxygens (including phenoxy) is 1. The second kappa shape index (κ2) is 5.87. The molecule has 16 heavy (non-hydrogen) atoms. The summed E-state index contributed by atoms with van der Waals surface area (Å²) in [4.78, 5) is 0. The second-order valence-electron chi connectivity index (χ2n) is 4.03. The van der Waals surface area contributed by atoms with Gasteiger partial charge in [0.25, 0.3) is 0 Å². The van der Waals surface area contributed by atoms with Crippen LogP contribution in [-0.2, 0) is 0 Å². The Morgan fingerprint density at radius 1 is 1.31 bits per heavy atom. The van der Waals surface area contributed by atoms with Crippen molar-refractivity contribution in [3.63, 3.8) is 0 Å². The maximum absolute atomic E-state index is 9.05. The van der Waals surface area contributed by atoms with Crippen molar-refractivity contribution >= 4 is 0 Å². The molecule has 0 saturated carbocycles. The summed E-state index contributed by atoms with van der Waals surface area (Å²) in [5.74, 6) is 0.887. The first-order valence-electron chi connectivity index (χ1n) is 5.57. The van der Waals surface area contributed by atoms with Crippen LogP contribution in [0, 0.1) is 13.8 Å². The van der Waals surface area contributed by atoms with Crippen molar-refractivity contribution in [2.75, 3.05) is 20.8 Å². The van der Waals surface area contributed by atoms with E-state index in [2.05, 4.69) is 19.2 Å². The number of aliphatic hydroxyl groups excluding tert-OH is 1. The van der Waals surface area contributed by atoms with E-state index in [1.54, 1.807) is 7.11 Å². The summed E-state index contributed by atoms with van der Waals surface area (Å²) in [6.07, 6.45) is 0.727. The van der Waals surface area contributed by atoms with Crippen molar-refractivity contribution < 1.29 is 9.84 Å². The van der Waals surface area contributed by atoms with Crippen molar-refractivity contribution in [2.45, 2.75) is 26.3 Å². The molecule has 1 atom stereocenters. The minimum absolute atomic E-state index is 0.191. The lowest BCUT2D eigenvalue weighted by atomic mass is 9.94. The first-order valence-corrected chi connectivity index (χ1v) is 5.57. The summed E-state index contributed by atoms with van der Waals surface area (Å²) >= 11 is 0. The SMILES string of the molecule is CNC(CCO)c1c(C)cc(OC)cc1C. The van der Waals surface area contributed by atoms with E-state index in [0.717, 1.165) is 12.2 Å². The van der Waals surface area contributed by atoms with Crippen LogP contribution in [0.2, 0.25) is 0 Å². The number of hydrogen-bond donors (Lipinski definition) is 2. The van der Waals surface area contributed by atoms with Gasteiger partial charge in [-0.15, -0.1) is 0 Å². The van der Waals surface area contributed by atoms with Crippen molar-refractivity contribution in [1.29, 1.82) is 0 Å². The fraction of sp³-hybridized carbons (Fsp3) is 0.538. The van der Waals surface area contributed by atoms with Crippen molar-refractivity contribution in [3.8, 4) is 5.75 Å². The van der Waals surface area contributed by atoms with Crippen LogP contribution in [0.3, 0.4) is 0 Å². The molecule has 1 rings (SSSR count). The zero-order valence-corrected chi connectivity index (χ0v) is 10.5. The highest BCUT2D eigenvalue weighted by atomic mass is 16.5. The minimum Gasteiger partial charge on any atom is -0.497 e. The van der Waals surface area contributed by atoms with Gasteiger partial charge in [0.2, 0.25) is 0 Å². The molecule has 0 fully saturated rings. The predicted octanol–water partition coefficient (Wildman–Crippen LogP) is 1.95. The lowest BCUT2D eigenvalue weighted by molar-refractivity contribution is 0.268. The van der Waals surface area contributed by atoms with Crippen LogP contribution in [0.25, 0.3) is 0 Å². The quantitative estimate of drug-likeness (QED) is 0.801. The van der Waals surface area contributed by atoms with Gasteiger partial charge in [-0.05, 0) is 56.1 Å². The molecule has 0 spiro atoms. The maximum Gasteiger partial charge on any atom is 0.119 e.